The van der Waals surface area contributed by atoms with E-state index >= 15 is 0 Å². The van der Waals surface area contributed by atoms with Crippen molar-refractivity contribution in [3.05, 3.63) is 76.4 Å². The average molecular weight is 356 g/mol. The maximum absolute atomic E-state index is 12.3. The zero-order chi connectivity index (χ0) is 17.8. The van der Waals surface area contributed by atoms with Crippen molar-refractivity contribution in [3.8, 4) is 5.75 Å². The van der Waals surface area contributed by atoms with Gasteiger partial charge in [-0.2, -0.15) is 5.10 Å². The quantitative estimate of drug-likeness (QED) is 0.745. The van der Waals surface area contributed by atoms with E-state index in [2.05, 4.69) is 10.4 Å². The molecule has 1 heterocycles. The van der Waals surface area contributed by atoms with Gasteiger partial charge in [0.1, 0.15) is 12.4 Å². The number of halogens is 1. The number of carbonyl (C=O) groups excluding carboxylic acids is 1. The maximum Gasteiger partial charge on any atom is 0.256 e. The van der Waals surface area contributed by atoms with Crippen LogP contribution < -0.4 is 10.1 Å². The van der Waals surface area contributed by atoms with E-state index in [1.807, 2.05) is 37.3 Å². The molecule has 0 aliphatic carbocycles. The molecule has 3 rings (SSSR count). The van der Waals surface area contributed by atoms with Gasteiger partial charge < -0.3 is 10.1 Å². The van der Waals surface area contributed by atoms with E-state index < -0.39 is 0 Å². The van der Waals surface area contributed by atoms with E-state index in [4.69, 9.17) is 16.3 Å². The Kier molecular flexibility index (Phi) is 5.05. The first kappa shape index (κ1) is 17.0. The number of aryl methyl sites for hydroxylation is 2. The minimum Gasteiger partial charge on any atom is -0.489 e. The van der Waals surface area contributed by atoms with Crippen molar-refractivity contribution < 1.29 is 9.53 Å². The fraction of sp³-hybridized carbons (Fsp3) is 0.158. The predicted octanol–water partition coefficient (Wildman–Crippen LogP) is 4.21. The van der Waals surface area contributed by atoms with Crippen LogP contribution in [-0.4, -0.2) is 15.7 Å². The second-order valence-electron chi connectivity index (χ2n) is 5.73. The van der Waals surface area contributed by atoms with Gasteiger partial charge in [-0.05, 0) is 48.4 Å². The van der Waals surface area contributed by atoms with Gasteiger partial charge in [-0.25, -0.2) is 0 Å². The lowest BCUT2D eigenvalue weighted by Gasteiger charge is -2.10. The van der Waals surface area contributed by atoms with E-state index in [9.17, 15) is 4.79 Å². The molecule has 2 aromatic carbocycles. The van der Waals surface area contributed by atoms with Gasteiger partial charge in [0.15, 0.2) is 5.82 Å². The molecule has 0 saturated carbocycles. The highest BCUT2D eigenvalue weighted by Crippen LogP contribution is 2.23. The van der Waals surface area contributed by atoms with Crippen molar-refractivity contribution in [2.24, 2.45) is 7.05 Å². The molecule has 25 heavy (non-hydrogen) atoms. The average Bonchev–Trinajstić information content (AvgIpc) is 2.99. The molecule has 0 unspecified atom stereocenters. The van der Waals surface area contributed by atoms with Crippen LogP contribution in [0.2, 0.25) is 5.02 Å². The van der Waals surface area contributed by atoms with Gasteiger partial charge in [0.25, 0.3) is 5.91 Å². The van der Waals surface area contributed by atoms with Crippen LogP contribution in [0.1, 0.15) is 21.5 Å². The van der Waals surface area contributed by atoms with E-state index in [0.29, 0.717) is 23.0 Å². The van der Waals surface area contributed by atoms with Crippen LogP contribution in [0.3, 0.4) is 0 Å². The SMILES string of the molecule is Cc1cc(Cl)ccc1OCc1cccc(C(=O)Nc2ccn(C)n2)c1. The number of aromatic nitrogens is 2. The van der Waals surface area contributed by atoms with Crippen molar-refractivity contribution in [2.45, 2.75) is 13.5 Å². The van der Waals surface area contributed by atoms with Gasteiger partial charge in [-0.15, -0.1) is 0 Å². The molecule has 5 nitrogen and oxygen atoms in total. The Morgan fingerprint density at radius 2 is 2.08 bits per heavy atom. The summed E-state index contributed by atoms with van der Waals surface area (Å²) in [6, 6.07) is 14.6. The first-order chi connectivity index (χ1) is 12.0. The zero-order valence-corrected chi connectivity index (χ0v) is 14.7. The third kappa shape index (κ3) is 4.39. The first-order valence-electron chi connectivity index (χ1n) is 7.80. The van der Waals surface area contributed by atoms with Crippen molar-refractivity contribution in [2.75, 3.05) is 5.32 Å². The normalized spacial score (nSPS) is 10.5. The summed E-state index contributed by atoms with van der Waals surface area (Å²) in [7, 11) is 1.80. The molecule has 1 aromatic heterocycles. The lowest BCUT2D eigenvalue weighted by molar-refractivity contribution is 0.102. The standard InChI is InChI=1S/C19H18ClN3O2/c1-13-10-16(20)6-7-17(13)25-12-14-4-3-5-15(11-14)19(24)21-18-8-9-23(2)22-18/h3-11H,12H2,1-2H3,(H,21,22,24). The van der Waals surface area contributed by atoms with Gasteiger partial charge in [-0.1, -0.05) is 23.7 Å². The Bertz CT molecular complexity index is 905. The van der Waals surface area contributed by atoms with Crippen molar-refractivity contribution in [1.82, 2.24) is 9.78 Å². The summed E-state index contributed by atoms with van der Waals surface area (Å²) >= 11 is 5.95. The third-order valence-electron chi connectivity index (χ3n) is 3.68. The molecule has 6 heteroatoms. The maximum atomic E-state index is 12.3. The van der Waals surface area contributed by atoms with Gasteiger partial charge in [0.05, 0.1) is 0 Å². The summed E-state index contributed by atoms with van der Waals surface area (Å²) < 4.78 is 7.46. The van der Waals surface area contributed by atoms with Crippen molar-refractivity contribution in [1.29, 1.82) is 0 Å². The highest BCUT2D eigenvalue weighted by atomic mass is 35.5. The Balaban J connectivity index is 1.67. The molecule has 0 saturated heterocycles. The molecule has 128 valence electrons. The Hall–Kier alpha value is -2.79. The van der Waals surface area contributed by atoms with Crippen molar-refractivity contribution >= 4 is 23.3 Å². The minimum atomic E-state index is -0.205. The van der Waals surface area contributed by atoms with E-state index in [-0.39, 0.29) is 5.91 Å². The number of benzene rings is 2. The number of amides is 1. The van der Waals surface area contributed by atoms with Crippen LogP contribution in [0, 0.1) is 6.92 Å². The largest absolute Gasteiger partial charge is 0.489 e. The monoisotopic (exact) mass is 355 g/mol. The van der Waals surface area contributed by atoms with Crippen LogP contribution in [0.5, 0.6) is 5.75 Å². The summed E-state index contributed by atoms with van der Waals surface area (Å²) in [6.45, 7) is 2.31. The fourth-order valence-corrected chi connectivity index (χ4v) is 2.64. The van der Waals surface area contributed by atoms with Gasteiger partial charge in [0, 0.05) is 29.9 Å². The molecule has 0 bridgehead atoms. The summed E-state index contributed by atoms with van der Waals surface area (Å²) in [5.74, 6) is 1.09. The van der Waals surface area contributed by atoms with Crippen LogP contribution in [-0.2, 0) is 13.7 Å². The Morgan fingerprint density at radius 3 is 2.80 bits per heavy atom. The number of hydrogen-bond acceptors (Lipinski definition) is 3. The van der Waals surface area contributed by atoms with E-state index in [1.165, 1.54) is 0 Å². The lowest BCUT2D eigenvalue weighted by atomic mass is 10.1. The second-order valence-corrected chi connectivity index (χ2v) is 6.16. The molecule has 0 atom stereocenters. The van der Waals surface area contributed by atoms with Crippen molar-refractivity contribution in [3.63, 3.8) is 0 Å². The van der Waals surface area contributed by atoms with Crippen LogP contribution in [0.4, 0.5) is 5.82 Å². The molecule has 0 spiro atoms. The summed E-state index contributed by atoms with van der Waals surface area (Å²) in [5.41, 5.74) is 2.43. The van der Waals surface area contributed by atoms with Crippen LogP contribution in [0.25, 0.3) is 0 Å². The molecule has 1 amide bonds. The number of hydrogen-bond donors (Lipinski definition) is 1. The highest BCUT2D eigenvalue weighted by Gasteiger charge is 2.09. The molecule has 1 N–H and O–H groups in total. The summed E-state index contributed by atoms with van der Waals surface area (Å²) in [4.78, 5) is 12.3. The topological polar surface area (TPSA) is 56.1 Å². The van der Waals surface area contributed by atoms with Gasteiger partial charge in [0.2, 0.25) is 0 Å². The Labute approximate surface area is 151 Å². The molecular weight excluding hydrogens is 338 g/mol. The number of anilines is 1. The number of nitrogens with one attached hydrogen (secondary N) is 1. The van der Waals surface area contributed by atoms with E-state index in [0.717, 1.165) is 16.9 Å². The molecule has 0 aliphatic heterocycles. The van der Waals surface area contributed by atoms with Gasteiger partial charge >= 0.3 is 0 Å². The molecule has 0 fully saturated rings. The molecule has 0 aliphatic rings. The minimum absolute atomic E-state index is 0.205. The highest BCUT2D eigenvalue weighted by molar-refractivity contribution is 6.30. The lowest BCUT2D eigenvalue weighted by Crippen LogP contribution is -2.13. The third-order valence-corrected chi connectivity index (χ3v) is 3.91. The smallest absolute Gasteiger partial charge is 0.256 e. The summed E-state index contributed by atoms with van der Waals surface area (Å²) in [5, 5.41) is 7.59. The fourth-order valence-electron chi connectivity index (χ4n) is 2.41. The number of carbonyl (C=O) groups is 1. The first-order valence-corrected chi connectivity index (χ1v) is 8.18. The Morgan fingerprint density at radius 1 is 1.24 bits per heavy atom. The zero-order valence-electron chi connectivity index (χ0n) is 14.0. The predicted molar refractivity (Wildman–Crippen MR) is 98.1 cm³/mol. The van der Waals surface area contributed by atoms with Gasteiger partial charge in [-0.3, -0.25) is 9.48 Å². The van der Waals surface area contributed by atoms with E-state index in [1.54, 1.807) is 36.1 Å². The number of ether oxygens (including phenoxy) is 1. The number of nitrogens with zero attached hydrogens (tertiary/aromatic N) is 2. The molecule has 0 radical (unpaired) electrons. The van der Waals surface area contributed by atoms with Crippen LogP contribution in [0.15, 0.2) is 54.7 Å². The summed E-state index contributed by atoms with van der Waals surface area (Å²) in [6.07, 6.45) is 1.77. The van der Waals surface area contributed by atoms with Crippen LogP contribution >= 0.6 is 11.6 Å². The molecule has 3 aromatic rings. The second kappa shape index (κ2) is 7.40. The number of rotatable bonds is 5. The molecular formula is C19H18ClN3O2.